The molecule has 0 N–H and O–H groups in total. The first-order valence-electron chi connectivity index (χ1n) is 10.9. The van der Waals surface area contributed by atoms with E-state index in [-0.39, 0.29) is 28.9 Å². The van der Waals surface area contributed by atoms with Gasteiger partial charge in [0.25, 0.3) is 5.91 Å². The summed E-state index contributed by atoms with van der Waals surface area (Å²) in [4.78, 5) is 33.0. The minimum atomic E-state index is -0.877. The van der Waals surface area contributed by atoms with Crippen LogP contribution in [-0.2, 0) is 0 Å². The van der Waals surface area contributed by atoms with Crippen molar-refractivity contribution >= 4 is 22.7 Å². The highest BCUT2D eigenvalue weighted by atomic mass is 19.1. The first-order chi connectivity index (χ1) is 16.9. The number of rotatable bonds is 6. The Morgan fingerprint density at radius 1 is 1.14 bits per heavy atom. The average molecular weight is 472 g/mol. The molecule has 2 aromatic heterocycles. The minimum Gasteiger partial charge on any atom is -0.493 e. The van der Waals surface area contributed by atoms with E-state index in [0.717, 1.165) is 11.6 Å². The fourth-order valence-corrected chi connectivity index (χ4v) is 4.27. The molecular weight excluding hydrogens is 451 g/mol. The molecule has 2 aromatic carbocycles. The van der Waals surface area contributed by atoms with Crippen LogP contribution in [0.5, 0.6) is 11.5 Å². The summed E-state index contributed by atoms with van der Waals surface area (Å²) in [7, 11) is 1.50. The van der Waals surface area contributed by atoms with E-state index in [0.29, 0.717) is 22.9 Å². The summed E-state index contributed by atoms with van der Waals surface area (Å²) in [6.45, 7) is 5.80. The number of benzene rings is 2. The van der Waals surface area contributed by atoms with Gasteiger partial charge in [0.2, 0.25) is 5.76 Å². The smallest absolute Gasteiger partial charge is 0.296 e. The summed E-state index contributed by atoms with van der Waals surface area (Å²) in [5.41, 5.74) is 1.21. The molecule has 8 heteroatoms. The molecule has 1 atom stereocenters. The number of anilines is 1. The Bertz CT molecular complexity index is 1540. The molecule has 1 amide bonds. The molecule has 1 unspecified atom stereocenters. The van der Waals surface area contributed by atoms with E-state index in [1.54, 1.807) is 42.6 Å². The molecule has 3 heterocycles. The van der Waals surface area contributed by atoms with Gasteiger partial charge in [-0.25, -0.2) is 9.37 Å². The first-order valence-corrected chi connectivity index (χ1v) is 10.9. The Kier molecular flexibility index (Phi) is 5.56. The fraction of sp³-hybridized carbons (Fsp3) is 0.148. The summed E-state index contributed by atoms with van der Waals surface area (Å²) in [5, 5.41) is 0.0542. The third-order valence-corrected chi connectivity index (χ3v) is 5.84. The maximum Gasteiger partial charge on any atom is 0.296 e. The van der Waals surface area contributed by atoms with Gasteiger partial charge in [0.15, 0.2) is 16.9 Å². The van der Waals surface area contributed by atoms with Gasteiger partial charge in [-0.1, -0.05) is 18.7 Å². The third kappa shape index (κ3) is 3.73. The average Bonchev–Trinajstić information content (AvgIpc) is 3.15. The maximum atomic E-state index is 14.0. The van der Waals surface area contributed by atoms with Gasteiger partial charge in [-0.15, -0.1) is 0 Å². The van der Waals surface area contributed by atoms with Crippen molar-refractivity contribution in [3.8, 4) is 11.5 Å². The number of carbonyl (C=O) groups excluding carboxylic acids is 1. The van der Waals surface area contributed by atoms with E-state index in [9.17, 15) is 14.0 Å². The van der Waals surface area contributed by atoms with Gasteiger partial charge in [-0.2, -0.15) is 0 Å². The van der Waals surface area contributed by atoms with Crippen molar-refractivity contribution in [3.05, 3.63) is 106 Å². The van der Waals surface area contributed by atoms with E-state index < -0.39 is 23.2 Å². The number of nitrogens with zero attached hydrogens (tertiary/aromatic N) is 2. The summed E-state index contributed by atoms with van der Waals surface area (Å²) >= 11 is 0. The molecule has 1 aliphatic heterocycles. The quantitative estimate of drug-likeness (QED) is 0.369. The maximum absolute atomic E-state index is 14.0. The molecular formula is C27H21FN2O5. The van der Waals surface area contributed by atoms with E-state index in [1.807, 2.05) is 6.92 Å². The van der Waals surface area contributed by atoms with Crippen LogP contribution in [0.15, 0.2) is 76.6 Å². The molecule has 0 radical (unpaired) electrons. The number of hydrogen-bond donors (Lipinski definition) is 0. The predicted molar refractivity (Wildman–Crippen MR) is 129 cm³/mol. The lowest BCUT2D eigenvalue weighted by Crippen LogP contribution is -2.30. The molecule has 35 heavy (non-hydrogen) atoms. The normalized spacial score (nSPS) is 14.8. The molecule has 1 aliphatic rings. The summed E-state index contributed by atoms with van der Waals surface area (Å²) in [6.07, 6.45) is 3.20. The van der Waals surface area contributed by atoms with Gasteiger partial charge >= 0.3 is 0 Å². The molecule has 4 aromatic rings. The SMILES string of the molecule is C=CCOc1ccc(C2c3c(oc4ccc(F)cc4c3=O)C(=O)N2c2cc(C)ccn2)cc1OC. The highest BCUT2D eigenvalue weighted by Crippen LogP contribution is 2.42. The van der Waals surface area contributed by atoms with Crippen molar-refractivity contribution < 1.29 is 23.1 Å². The third-order valence-electron chi connectivity index (χ3n) is 5.84. The van der Waals surface area contributed by atoms with Gasteiger partial charge in [-0.3, -0.25) is 14.5 Å². The van der Waals surface area contributed by atoms with E-state index in [2.05, 4.69) is 11.6 Å². The number of hydrogen-bond acceptors (Lipinski definition) is 6. The standard InChI is InChI=1S/C27H21FN2O5/c1-4-11-34-20-7-5-16(13-21(20)33-3)24-23-25(31)18-14-17(28)6-8-19(18)35-26(23)27(32)30(24)22-12-15(2)9-10-29-22/h4-10,12-14,24H,1,11H2,2-3H3. The number of aryl methyl sites for hydroxylation is 1. The zero-order valence-electron chi connectivity index (χ0n) is 19.1. The second-order valence-electron chi connectivity index (χ2n) is 8.09. The Morgan fingerprint density at radius 2 is 1.97 bits per heavy atom. The number of halogens is 1. The highest BCUT2D eigenvalue weighted by molar-refractivity contribution is 6.10. The van der Waals surface area contributed by atoms with Crippen LogP contribution in [0.1, 0.15) is 33.3 Å². The van der Waals surface area contributed by atoms with Crippen molar-refractivity contribution in [2.75, 3.05) is 18.6 Å². The zero-order chi connectivity index (χ0) is 24.7. The van der Waals surface area contributed by atoms with Crippen molar-refractivity contribution in [2.45, 2.75) is 13.0 Å². The largest absolute Gasteiger partial charge is 0.493 e. The van der Waals surface area contributed by atoms with Crippen LogP contribution in [0, 0.1) is 12.7 Å². The van der Waals surface area contributed by atoms with Crippen molar-refractivity contribution in [1.82, 2.24) is 4.98 Å². The molecule has 0 fully saturated rings. The van der Waals surface area contributed by atoms with Gasteiger partial charge in [0.1, 0.15) is 23.8 Å². The Balaban J connectivity index is 1.77. The number of aromatic nitrogens is 1. The molecule has 0 spiro atoms. The van der Waals surface area contributed by atoms with E-state index >= 15 is 0 Å². The molecule has 5 rings (SSSR count). The molecule has 0 saturated heterocycles. The fourth-order valence-electron chi connectivity index (χ4n) is 4.27. The van der Waals surface area contributed by atoms with Crippen LogP contribution >= 0.6 is 0 Å². The number of fused-ring (bicyclic) bond motifs is 2. The predicted octanol–water partition coefficient (Wildman–Crippen LogP) is 4.96. The van der Waals surface area contributed by atoms with Crippen LogP contribution in [-0.4, -0.2) is 24.6 Å². The van der Waals surface area contributed by atoms with E-state index in [1.165, 1.54) is 24.1 Å². The lowest BCUT2D eigenvalue weighted by atomic mass is 9.98. The van der Waals surface area contributed by atoms with Crippen molar-refractivity contribution in [3.63, 3.8) is 0 Å². The summed E-state index contributed by atoms with van der Waals surface area (Å²) < 4.78 is 31.0. The Labute approximate surface area is 200 Å². The molecule has 0 aliphatic carbocycles. The van der Waals surface area contributed by atoms with Crippen molar-refractivity contribution in [1.29, 1.82) is 0 Å². The first kappa shape index (κ1) is 22.3. The van der Waals surface area contributed by atoms with Gasteiger partial charge in [-0.05, 0) is 60.5 Å². The Morgan fingerprint density at radius 3 is 2.71 bits per heavy atom. The second-order valence-corrected chi connectivity index (χ2v) is 8.09. The number of amides is 1. The van der Waals surface area contributed by atoms with Crippen LogP contribution in [0.2, 0.25) is 0 Å². The lowest BCUT2D eigenvalue weighted by molar-refractivity contribution is 0.0970. The van der Waals surface area contributed by atoms with Gasteiger partial charge < -0.3 is 13.9 Å². The van der Waals surface area contributed by atoms with Crippen LogP contribution < -0.4 is 19.8 Å². The molecule has 7 nitrogen and oxygen atoms in total. The number of carbonyl (C=O) groups is 1. The lowest BCUT2D eigenvalue weighted by Gasteiger charge is -2.25. The molecule has 0 saturated carbocycles. The van der Waals surface area contributed by atoms with Crippen LogP contribution in [0.25, 0.3) is 11.0 Å². The second kappa shape index (κ2) is 8.72. The van der Waals surface area contributed by atoms with E-state index in [4.69, 9.17) is 13.9 Å². The van der Waals surface area contributed by atoms with Crippen molar-refractivity contribution in [2.24, 2.45) is 0 Å². The summed E-state index contributed by atoms with van der Waals surface area (Å²) in [5.74, 6) is 0.0538. The molecule has 0 bridgehead atoms. The van der Waals surface area contributed by atoms with Gasteiger partial charge in [0, 0.05) is 6.20 Å². The monoisotopic (exact) mass is 472 g/mol. The summed E-state index contributed by atoms with van der Waals surface area (Å²) in [6, 6.07) is 11.5. The van der Waals surface area contributed by atoms with Gasteiger partial charge in [0.05, 0.1) is 24.1 Å². The zero-order valence-corrected chi connectivity index (χ0v) is 19.1. The van der Waals surface area contributed by atoms with Crippen LogP contribution in [0.3, 0.4) is 0 Å². The Hall–Kier alpha value is -4.46. The number of methoxy groups -OCH3 is 1. The highest BCUT2D eigenvalue weighted by Gasteiger charge is 2.44. The number of ether oxygens (including phenoxy) is 2. The topological polar surface area (TPSA) is 81.9 Å². The molecule has 176 valence electrons. The number of pyridine rings is 1. The van der Waals surface area contributed by atoms with Crippen LogP contribution in [0.4, 0.5) is 10.2 Å². The minimum absolute atomic E-state index is 0.0542.